The molecule has 0 unspecified atom stereocenters. The van der Waals surface area contributed by atoms with Crippen molar-refractivity contribution in [3.63, 3.8) is 0 Å². The van der Waals surface area contributed by atoms with Gasteiger partial charge in [0.25, 0.3) is 5.91 Å². The Kier molecular flexibility index (Phi) is 3.98. The summed E-state index contributed by atoms with van der Waals surface area (Å²) in [5.74, 6) is -2.13. The fourth-order valence-corrected chi connectivity index (χ4v) is 3.14. The van der Waals surface area contributed by atoms with E-state index in [2.05, 4.69) is 10.3 Å². The van der Waals surface area contributed by atoms with Gasteiger partial charge in [0.05, 0.1) is 22.7 Å². The van der Waals surface area contributed by atoms with Crippen LogP contribution in [0.4, 0.5) is 4.39 Å². The number of hydrogen-bond donors (Lipinski definition) is 2. The number of carboxylic acids is 1. The monoisotopic (exact) mass is 316 g/mol. The van der Waals surface area contributed by atoms with Crippen molar-refractivity contribution in [3.05, 3.63) is 41.3 Å². The second kappa shape index (κ2) is 5.95. The van der Waals surface area contributed by atoms with E-state index in [0.717, 1.165) is 6.42 Å². The van der Waals surface area contributed by atoms with Gasteiger partial charge in [0, 0.05) is 17.5 Å². The van der Waals surface area contributed by atoms with Crippen LogP contribution in [0, 0.1) is 18.7 Å². The number of rotatable bonds is 3. The van der Waals surface area contributed by atoms with E-state index in [-0.39, 0.29) is 17.8 Å². The fourth-order valence-electron chi connectivity index (χ4n) is 3.14. The molecule has 0 aliphatic heterocycles. The summed E-state index contributed by atoms with van der Waals surface area (Å²) < 4.78 is 13.2. The molecule has 1 amide bonds. The van der Waals surface area contributed by atoms with Gasteiger partial charge in [-0.2, -0.15) is 0 Å². The van der Waals surface area contributed by atoms with Gasteiger partial charge >= 0.3 is 5.97 Å². The second-order valence-corrected chi connectivity index (χ2v) is 5.91. The molecule has 2 aromatic rings. The van der Waals surface area contributed by atoms with E-state index < -0.39 is 11.9 Å². The number of carbonyl (C=O) groups is 2. The van der Waals surface area contributed by atoms with Crippen LogP contribution in [0.2, 0.25) is 0 Å². The van der Waals surface area contributed by atoms with Crippen LogP contribution < -0.4 is 5.32 Å². The highest BCUT2D eigenvalue weighted by Gasteiger charge is 2.34. The second-order valence-electron chi connectivity index (χ2n) is 5.91. The lowest BCUT2D eigenvalue weighted by Crippen LogP contribution is -2.40. The van der Waals surface area contributed by atoms with Gasteiger partial charge in [-0.15, -0.1) is 0 Å². The average molecular weight is 316 g/mol. The molecule has 3 rings (SSSR count). The van der Waals surface area contributed by atoms with Crippen molar-refractivity contribution in [1.29, 1.82) is 0 Å². The SMILES string of the molecule is Cc1nc2cc(F)ccc2cc1C(=O)N[C@@H]1CCC[C@@H]1C(=O)O. The molecule has 1 aromatic carbocycles. The van der Waals surface area contributed by atoms with Crippen molar-refractivity contribution in [2.24, 2.45) is 5.92 Å². The Labute approximate surface area is 132 Å². The molecule has 5 nitrogen and oxygen atoms in total. The zero-order valence-electron chi connectivity index (χ0n) is 12.7. The number of amides is 1. The fraction of sp³-hybridized carbons (Fsp3) is 0.353. The lowest BCUT2D eigenvalue weighted by atomic mass is 10.0. The number of nitrogens with zero attached hydrogens (tertiary/aromatic N) is 1. The lowest BCUT2D eigenvalue weighted by molar-refractivity contribution is -0.142. The highest BCUT2D eigenvalue weighted by atomic mass is 19.1. The third-order valence-electron chi connectivity index (χ3n) is 4.36. The van der Waals surface area contributed by atoms with E-state index in [1.165, 1.54) is 12.1 Å². The van der Waals surface area contributed by atoms with Crippen molar-refractivity contribution in [3.8, 4) is 0 Å². The number of nitrogens with one attached hydrogen (secondary N) is 1. The minimum absolute atomic E-state index is 0.334. The van der Waals surface area contributed by atoms with E-state index >= 15 is 0 Å². The molecule has 0 spiro atoms. The first-order valence-corrected chi connectivity index (χ1v) is 7.56. The Morgan fingerprint density at radius 2 is 2.09 bits per heavy atom. The summed E-state index contributed by atoms with van der Waals surface area (Å²) in [5, 5.41) is 12.7. The van der Waals surface area contributed by atoms with Crippen LogP contribution in [0.1, 0.15) is 35.3 Å². The minimum Gasteiger partial charge on any atom is -0.481 e. The smallest absolute Gasteiger partial charge is 0.308 e. The molecule has 2 atom stereocenters. The molecule has 120 valence electrons. The molecule has 2 N–H and O–H groups in total. The average Bonchev–Trinajstić information content (AvgIpc) is 2.94. The number of aliphatic carboxylic acids is 1. The lowest BCUT2D eigenvalue weighted by Gasteiger charge is -2.18. The normalized spacial score (nSPS) is 20.6. The first kappa shape index (κ1) is 15.4. The molecule has 1 fully saturated rings. The number of hydrogen-bond acceptors (Lipinski definition) is 3. The highest BCUT2D eigenvalue weighted by Crippen LogP contribution is 2.26. The van der Waals surface area contributed by atoms with Crippen LogP contribution in [0.15, 0.2) is 24.3 Å². The van der Waals surface area contributed by atoms with Gasteiger partial charge in [-0.25, -0.2) is 4.39 Å². The summed E-state index contributed by atoms with van der Waals surface area (Å²) in [4.78, 5) is 28.0. The summed E-state index contributed by atoms with van der Waals surface area (Å²) in [6, 6.07) is 5.52. The summed E-state index contributed by atoms with van der Waals surface area (Å²) >= 11 is 0. The van der Waals surface area contributed by atoms with Crippen molar-refractivity contribution < 1.29 is 19.1 Å². The number of fused-ring (bicyclic) bond motifs is 1. The molecule has 1 heterocycles. The topological polar surface area (TPSA) is 79.3 Å². The summed E-state index contributed by atoms with van der Waals surface area (Å²) in [6.45, 7) is 1.68. The predicted octanol–water partition coefficient (Wildman–Crippen LogP) is 2.67. The number of benzene rings is 1. The van der Waals surface area contributed by atoms with Crippen LogP contribution >= 0.6 is 0 Å². The van der Waals surface area contributed by atoms with Crippen molar-refractivity contribution in [1.82, 2.24) is 10.3 Å². The molecule has 1 aliphatic rings. The van der Waals surface area contributed by atoms with Gasteiger partial charge < -0.3 is 10.4 Å². The Hall–Kier alpha value is -2.50. The Morgan fingerprint density at radius 3 is 2.83 bits per heavy atom. The first-order valence-electron chi connectivity index (χ1n) is 7.56. The predicted molar refractivity (Wildman–Crippen MR) is 82.7 cm³/mol. The standard InChI is InChI=1S/C17H17FN2O3/c1-9-13(7-10-5-6-11(18)8-15(10)19-9)16(21)20-14-4-2-3-12(14)17(22)23/h5-8,12,14H,2-4H2,1H3,(H,20,21)(H,22,23)/t12-,14+/m0/s1. The Morgan fingerprint density at radius 1 is 1.30 bits per heavy atom. The summed E-state index contributed by atoms with van der Waals surface area (Å²) in [6.07, 6.45) is 2.03. The summed E-state index contributed by atoms with van der Waals surface area (Å²) in [7, 11) is 0. The molecule has 1 aromatic heterocycles. The Bertz CT molecular complexity index is 791. The van der Waals surface area contributed by atoms with Crippen molar-refractivity contribution in [2.75, 3.05) is 0 Å². The third-order valence-corrected chi connectivity index (χ3v) is 4.36. The highest BCUT2D eigenvalue weighted by molar-refractivity contribution is 5.99. The first-order chi connectivity index (χ1) is 11.0. The Balaban J connectivity index is 1.87. The largest absolute Gasteiger partial charge is 0.481 e. The number of carboxylic acid groups (broad SMARTS) is 1. The minimum atomic E-state index is -0.878. The zero-order chi connectivity index (χ0) is 16.6. The molecular weight excluding hydrogens is 299 g/mol. The maximum Gasteiger partial charge on any atom is 0.308 e. The van der Waals surface area contributed by atoms with Gasteiger partial charge in [0.1, 0.15) is 5.82 Å². The number of carbonyl (C=O) groups excluding carboxylic acids is 1. The van der Waals surface area contributed by atoms with Crippen LogP contribution in [0.3, 0.4) is 0 Å². The third kappa shape index (κ3) is 3.02. The van der Waals surface area contributed by atoms with Crippen LogP contribution in [-0.2, 0) is 4.79 Å². The van der Waals surface area contributed by atoms with Crippen LogP contribution in [0.5, 0.6) is 0 Å². The molecule has 0 radical (unpaired) electrons. The maximum atomic E-state index is 13.2. The maximum absolute atomic E-state index is 13.2. The van der Waals surface area contributed by atoms with E-state index in [9.17, 15) is 19.1 Å². The molecule has 0 bridgehead atoms. The number of aromatic nitrogens is 1. The van der Waals surface area contributed by atoms with Gasteiger partial charge in [-0.05, 0) is 38.0 Å². The van der Waals surface area contributed by atoms with E-state index in [4.69, 9.17) is 0 Å². The van der Waals surface area contributed by atoms with Gasteiger partial charge in [0.2, 0.25) is 0 Å². The molecule has 6 heteroatoms. The van der Waals surface area contributed by atoms with Crippen molar-refractivity contribution in [2.45, 2.75) is 32.2 Å². The zero-order valence-corrected chi connectivity index (χ0v) is 12.7. The van der Waals surface area contributed by atoms with Gasteiger partial charge in [-0.3, -0.25) is 14.6 Å². The quantitative estimate of drug-likeness (QED) is 0.912. The van der Waals surface area contributed by atoms with E-state index in [0.29, 0.717) is 35.0 Å². The molecule has 1 saturated carbocycles. The van der Waals surface area contributed by atoms with Crippen LogP contribution in [-0.4, -0.2) is 28.0 Å². The molecular formula is C17H17FN2O3. The van der Waals surface area contributed by atoms with E-state index in [1.54, 1.807) is 19.1 Å². The van der Waals surface area contributed by atoms with E-state index in [1.807, 2.05) is 0 Å². The molecule has 23 heavy (non-hydrogen) atoms. The number of pyridine rings is 1. The number of halogens is 1. The van der Waals surface area contributed by atoms with Crippen LogP contribution in [0.25, 0.3) is 10.9 Å². The molecule has 0 saturated heterocycles. The molecule has 1 aliphatic carbocycles. The van der Waals surface area contributed by atoms with Gasteiger partial charge in [-0.1, -0.05) is 6.42 Å². The summed E-state index contributed by atoms with van der Waals surface area (Å²) in [5.41, 5.74) is 1.37. The number of aryl methyl sites for hydroxylation is 1. The van der Waals surface area contributed by atoms with Gasteiger partial charge in [0.15, 0.2) is 0 Å². The van der Waals surface area contributed by atoms with Crippen molar-refractivity contribution >= 4 is 22.8 Å².